The second kappa shape index (κ2) is 5.98. The second-order valence-corrected chi connectivity index (χ2v) is 6.57. The fraction of sp³-hybridized carbons (Fsp3) is 0.333. The van der Waals surface area contributed by atoms with Gasteiger partial charge in [-0.25, -0.2) is 0 Å². The van der Waals surface area contributed by atoms with E-state index in [9.17, 15) is 0 Å². The summed E-state index contributed by atoms with van der Waals surface area (Å²) in [5, 5.41) is 14.6. The maximum atomic E-state index is 9.15. The van der Waals surface area contributed by atoms with Crippen LogP contribution >= 0.6 is 34.3 Å². The Morgan fingerprint density at radius 1 is 1.35 bits per heavy atom. The molecule has 0 aromatic carbocycles. The molecule has 0 aliphatic rings. The fourth-order valence-corrected chi connectivity index (χ4v) is 3.60. The van der Waals surface area contributed by atoms with Crippen LogP contribution in [-0.4, -0.2) is 17.8 Å². The molecule has 17 heavy (non-hydrogen) atoms. The molecule has 2 aromatic rings. The molecule has 0 amide bonds. The van der Waals surface area contributed by atoms with Crippen molar-refractivity contribution in [3.05, 3.63) is 43.7 Å². The second-order valence-electron chi connectivity index (χ2n) is 3.84. The summed E-state index contributed by atoms with van der Waals surface area (Å²) >= 11 is 9.26. The van der Waals surface area contributed by atoms with Crippen LogP contribution in [0.5, 0.6) is 0 Å². The van der Waals surface area contributed by atoms with Crippen LogP contribution in [0.1, 0.15) is 22.7 Å². The monoisotopic (exact) mass is 287 g/mol. The Balaban J connectivity index is 2.24. The van der Waals surface area contributed by atoms with E-state index in [-0.39, 0.29) is 18.7 Å². The number of rotatable bonds is 5. The predicted molar refractivity (Wildman–Crippen MR) is 75.2 cm³/mol. The summed E-state index contributed by atoms with van der Waals surface area (Å²) in [6.07, 6.45) is 0. The lowest BCUT2D eigenvalue weighted by Crippen LogP contribution is -2.33. The van der Waals surface area contributed by atoms with Crippen molar-refractivity contribution < 1.29 is 5.11 Å². The lowest BCUT2D eigenvalue weighted by Gasteiger charge is -2.20. The van der Waals surface area contributed by atoms with Crippen LogP contribution in [0.4, 0.5) is 0 Å². The Morgan fingerprint density at radius 2 is 2.18 bits per heavy atom. The first kappa shape index (κ1) is 13.1. The molecular weight excluding hydrogens is 274 g/mol. The molecule has 0 saturated carbocycles. The number of aliphatic hydroxyl groups excluding tert-OH is 1. The Morgan fingerprint density at radius 3 is 2.71 bits per heavy atom. The summed E-state index contributed by atoms with van der Waals surface area (Å²) in [6.45, 7) is 2.09. The summed E-state index contributed by atoms with van der Waals surface area (Å²) in [7, 11) is 0. The van der Waals surface area contributed by atoms with Crippen LogP contribution in [0.2, 0.25) is 4.34 Å². The third kappa shape index (κ3) is 3.30. The smallest absolute Gasteiger partial charge is 0.0931 e. The third-order valence-electron chi connectivity index (χ3n) is 2.43. The van der Waals surface area contributed by atoms with Gasteiger partial charge in [0.1, 0.15) is 0 Å². The van der Waals surface area contributed by atoms with E-state index < -0.39 is 0 Å². The van der Waals surface area contributed by atoms with E-state index in [1.165, 1.54) is 9.75 Å². The average molecular weight is 288 g/mol. The number of thiophene rings is 2. The number of halogens is 1. The van der Waals surface area contributed by atoms with Gasteiger partial charge in [0.25, 0.3) is 0 Å². The molecule has 5 heteroatoms. The topological polar surface area (TPSA) is 32.3 Å². The Bertz CT molecular complexity index is 455. The van der Waals surface area contributed by atoms with Gasteiger partial charge in [0.2, 0.25) is 0 Å². The summed E-state index contributed by atoms with van der Waals surface area (Å²) < 4.78 is 0.792. The van der Waals surface area contributed by atoms with Crippen molar-refractivity contribution >= 4 is 34.3 Å². The molecule has 0 fully saturated rings. The molecule has 0 aliphatic heterocycles. The standard InChI is InChI=1S/C12H14ClNOS2/c1-8(7-15)14-12(9-3-2-6-16-9)10-4-5-11(13)17-10/h2-6,8,12,14-15H,7H2,1H3. The minimum absolute atomic E-state index is 0.0583. The van der Waals surface area contributed by atoms with Gasteiger partial charge in [-0.3, -0.25) is 0 Å². The van der Waals surface area contributed by atoms with Crippen molar-refractivity contribution in [2.24, 2.45) is 0 Å². The maximum Gasteiger partial charge on any atom is 0.0931 e. The maximum absolute atomic E-state index is 9.15. The van der Waals surface area contributed by atoms with Crippen molar-refractivity contribution in [3.8, 4) is 0 Å². The van der Waals surface area contributed by atoms with Crippen molar-refractivity contribution in [3.63, 3.8) is 0 Å². The lowest BCUT2D eigenvalue weighted by atomic mass is 10.2. The number of hydrogen-bond donors (Lipinski definition) is 2. The van der Waals surface area contributed by atoms with E-state index in [4.69, 9.17) is 16.7 Å². The van der Waals surface area contributed by atoms with Crippen LogP contribution < -0.4 is 5.32 Å². The Kier molecular flexibility index (Phi) is 4.59. The average Bonchev–Trinajstić information content (AvgIpc) is 2.96. The van der Waals surface area contributed by atoms with Gasteiger partial charge in [0.05, 0.1) is 17.0 Å². The molecule has 2 N–H and O–H groups in total. The molecule has 0 bridgehead atoms. The first-order chi connectivity index (χ1) is 8.20. The molecule has 0 spiro atoms. The molecule has 2 heterocycles. The molecule has 2 nitrogen and oxygen atoms in total. The SMILES string of the molecule is CC(CO)NC(c1cccs1)c1ccc(Cl)s1. The molecule has 92 valence electrons. The summed E-state index contributed by atoms with van der Waals surface area (Å²) in [5.41, 5.74) is 0. The molecule has 0 radical (unpaired) electrons. The highest BCUT2D eigenvalue weighted by Crippen LogP contribution is 2.33. The van der Waals surface area contributed by atoms with E-state index >= 15 is 0 Å². The minimum atomic E-state index is 0.0583. The van der Waals surface area contributed by atoms with Crippen molar-refractivity contribution in [1.29, 1.82) is 0 Å². The molecule has 0 aliphatic carbocycles. The lowest BCUT2D eigenvalue weighted by molar-refractivity contribution is 0.246. The summed E-state index contributed by atoms with van der Waals surface area (Å²) in [6, 6.07) is 8.26. The summed E-state index contributed by atoms with van der Waals surface area (Å²) in [5.74, 6) is 0. The zero-order valence-corrected chi connectivity index (χ0v) is 11.8. The van der Waals surface area contributed by atoms with Crippen LogP contribution in [0, 0.1) is 0 Å². The van der Waals surface area contributed by atoms with E-state index in [1.807, 2.05) is 25.1 Å². The zero-order chi connectivity index (χ0) is 12.3. The van der Waals surface area contributed by atoms with Gasteiger partial charge in [0, 0.05) is 15.8 Å². The first-order valence-corrected chi connectivity index (χ1v) is 7.43. The predicted octanol–water partition coefficient (Wildman–Crippen LogP) is 3.52. The van der Waals surface area contributed by atoms with Crippen LogP contribution in [-0.2, 0) is 0 Å². The molecule has 2 rings (SSSR count). The fourth-order valence-electron chi connectivity index (χ4n) is 1.58. The molecule has 0 saturated heterocycles. The van der Waals surface area contributed by atoms with Crippen molar-refractivity contribution in [1.82, 2.24) is 5.32 Å². The number of aliphatic hydroxyl groups is 1. The highest BCUT2D eigenvalue weighted by molar-refractivity contribution is 7.16. The summed E-state index contributed by atoms with van der Waals surface area (Å²) in [4.78, 5) is 2.42. The van der Waals surface area contributed by atoms with Gasteiger partial charge < -0.3 is 10.4 Å². The van der Waals surface area contributed by atoms with Gasteiger partial charge in [0.15, 0.2) is 0 Å². The molecular formula is C12H14ClNOS2. The molecule has 2 unspecified atom stereocenters. The van der Waals surface area contributed by atoms with Gasteiger partial charge >= 0.3 is 0 Å². The largest absolute Gasteiger partial charge is 0.395 e. The van der Waals surface area contributed by atoms with Crippen molar-refractivity contribution in [2.75, 3.05) is 6.61 Å². The Labute approximate surface area is 114 Å². The molecule has 2 aromatic heterocycles. The quantitative estimate of drug-likeness (QED) is 0.882. The third-order valence-corrected chi connectivity index (χ3v) is 4.66. The first-order valence-electron chi connectivity index (χ1n) is 5.36. The van der Waals surface area contributed by atoms with Crippen LogP contribution in [0.3, 0.4) is 0 Å². The van der Waals surface area contributed by atoms with Crippen molar-refractivity contribution in [2.45, 2.75) is 19.0 Å². The number of nitrogens with one attached hydrogen (secondary N) is 1. The highest BCUT2D eigenvalue weighted by Gasteiger charge is 2.18. The van der Waals surface area contributed by atoms with Gasteiger partial charge in [-0.1, -0.05) is 17.7 Å². The van der Waals surface area contributed by atoms with Crippen LogP contribution in [0.15, 0.2) is 29.6 Å². The van der Waals surface area contributed by atoms with Crippen LogP contribution in [0.25, 0.3) is 0 Å². The number of hydrogen-bond acceptors (Lipinski definition) is 4. The van der Waals surface area contributed by atoms with Gasteiger partial charge in [-0.05, 0) is 30.5 Å². The van der Waals surface area contributed by atoms with E-state index in [2.05, 4.69) is 16.8 Å². The Hall–Kier alpha value is -0.390. The van der Waals surface area contributed by atoms with E-state index in [1.54, 1.807) is 22.7 Å². The van der Waals surface area contributed by atoms with Gasteiger partial charge in [-0.15, -0.1) is 22.7 Å². The minimum Gasteiger partial charge on any atom is -0.395 e. The molecule has 2 atom stereocenters. The normalized spacial score (nSPS) is 14.8. The van der Waals surface area contributed by atoms with E-state index in [0.29, 0.717) is 0 Å². The zero-order valence-electron chi connectivity index (χ0n) is 9.39. The van der Waals surface area contributed by atoms with Gasteiger partial charge in [-0.2, -0.15) is 0 Å². The van der Waals surface area contributed by atoms with E-state index in [0.717, 1.165) is 4.34 Å². The highest BCUT2D eigenvalue weighted by atomic mass is 35.5.